The summed E-state index contributed by atoms with van der Waals surface area (Å²) in [6.45, 7) is 1.31. The molecule has 1 saturated heterocycles. The minimum absolute atomic E-state index is 0.00213. The lowest BCUT2D eigenvalue weighted by Gasteiger charge is -2.38. The van der Waals surface area contributed by atoms with Crippen LogP contribution in [0, 0.1) is 0 Å². The summed E-state index contributed by atoms with van der Waals surface area (Å²) in [6, 6.07) is 4.92. The van der Waals surface area contributed by atoms with Crippen molar-refractivity contribution in [3.05, 3.63) is 80.4 Å². The highest BCUT2D eigenvalue weighted by Crippen LogP contribution is 2.46. The molecule has 1 aliphatic heterocycles. The van der Waals surface area contributed by atoms with Gasteiger partial charge in [0.25, 0.3) is 0 Å². The molecule has 2 aliphatic rings. The molecule has 10 nitrogen and oxygen atoms in total. The van der Waals surface area contributed by atoms with E-state index in [1.54, 1.807) is 42.5 Å². The Morgan fingerprint density at radius 2 is 1.95 bits per heavy atom. The molecule has 3 aromatic rings. The van der Waals surface area contributed by atoms with Crippen molar-refractivity contribution in [2.75, 3.05) is 6.54 Å². The summed E-state index contributed by atoms with van der Waals surface area (Å²) in [5, 5.41) is 14.4. The van der Waals surface area contributed by atoms with Crippen LogP contribution in [0.1, 0.15) is 43.1 Å². The van der Waals surface area contributed by atoms with E-state index in [0.29, 0.717) is 39.7 Å². The number of nitrogens with zero attached hydrogens (tertiary/aromatic N) is 3. The van der Waals surface area contributed by atoms with Crippen molar-refractivity contribution in [1.82, 2.24) is 15.0 Å². The molecule has 1 aromatic carbocycles. The fourth-order valence-corrected chi connectivity index (χ4v) is 6.25. The van der Waals surface area contributed by atoms with Crippen molar-refractivity contribution < 1.29 is 28.1 Å². The van der Waals surface area contributed by atoms with Crippen molar-refractivity contribution >= 4 is 64.0 Å². The van der Waals surface area contributed by atoms with Gasteiger partial charge in [0.1, 0.15) is 5.69 Å². The third-order valence-corrected chi connectivity index (χ3v) is 8.30. The fraction of sp³-hybridized carbons (Fsp3) is 0.308. The standard InChI is InChI=1S/C26H21Cl4N3O7/c1-13(34)33(12-20-23(39-25(37)38-20)18-8-4-10-32(18)24(35)36)21-9-2-5-14(26(21,29)30)19-11-17(31-40-19)22-15(27)6-3-7-16(22)28/h2-3,5-7,9,11,18,21H,4,8,10,12H2,1H3,(H,35,36). The molecule has 14 heteroatoms. The number of carbonyl (C=O) groups excluding carboxylic acids is 1. The number of likely N-dealkylation sites (tertiary alicyclic amines) is 1. The van der Waals surface area contributed by atoms with Crippen molar-refractivity contribution in [3.8, 4) is 11.3 Å². The Kier molecular flexibility index (Phi) is 7.80. The molecule has 2 amide bonds. The van der Waals surface area contributed by atoms with Gasteiger partial charge in [0.2, 0.25) is 5.91 Å². The van der Waals surface area contributed by atoms with Gasteiger partial charge in [-0.05, 0) is 25.0 Å². The summed E-state index contributed by atoms with van der Waals surface area (Å²) in [5.41, 5.74) is 1.13. The topological polar surface area (TPSA) is 130 Å². The number of aromatic nitrogens is 1. The van der Waals surface area contributed by atoms with E-state index in [4.69, 9.17) is 59.8 Å². The van der Waals surface area contributed by atoms with Gasteiger partial charge in [-0.25, -0.2) is 9.59 Å². The first-order valence-corrected chi connectivity index (χ1v) is 13.6. The fourth-order valence-electron chi connectivity index (χ4n) is 4.97. The average Bonchev–Trinajstić information content (AvgIpc) is 3.62. The number of allylic oxidation sites excluding steroid dienone is 2. The van der Waals surface area contributed by atoms with E-state index in [0.717, 1.165) is 4.90 Å². The Hall–Kier alpha value is -3.18. The molecular weight excluding hydrogens is 608 g/mol. The Balaban J connectivity index is 1.46. The molecule has 2 unspecified atom stereocenters. The zero-order valence-corrected chi connectivity index (χ0v) is 23.8. The maximum absolute atomic E-state index is 12.9. The summed E-state index contributed by atoms with van der Waals surface area (Å²) >= 11 is 26.5. The van der Waals surface area contributed by atoms with Crippen molar-refractivity contribution in [3.63, 3.8) is 0 Å². The smallest absolute Gasteiger partial charge is 0.465 e. The molecule has 1 N–H and O–H groups in total. The third kappa shape index (κ3) is 5.16. The molecule has 3 heterocycles. The summed E-state index contributed by atoms with van der Waals surface area (Å²) in [5.74, 6) is -1.20. The average molecular weight is 629 g/mol. The largest absolute Gasteiger partial charge is 0.519 e. The maximum atomic E-state index is 12.9. The van der Waals surface area contributed by atoms with Gasteiger partial charge in [-0.1, -0.05) is 75.9 Å². The minimum atomic E-state index is -1.74. The Bertz CT molecular complexity index is 1570. The lowest BCUT2D eigenvalue weighted by Crippen LogP contribution is -2.48. The first-order valence-electron chi connectivity index (χ1n) is 12.1. The van der Waals surface area contributed by atoms with E-state index in [9.17, 15) is 19.5 Å². The monoisotopic (exact) mass is 627 g/mol. The third-order valence-electron chi connectivity index (χ3n) is 6.81. The van der Waals surface area contributed by atoms with Gasteiger partial charge in [-0.2, -0.15) is 0 Å². The van der Waals surface area contributed by atoms with Crippen molar-refractivity contribution in [1.29, 1.82) is 0 Å². The number of amides is 2. The number of carbonyl (C=O) groups is 2. The van der Waals surface area contributed by atoms with Crippen LogP contribution in [0.15, 0.2) is 60.6 Å². The summed E-state index contributed by atoms with van der Waals surface area (Å²) in [6.07, 6.45) is 4.74. The molecule has 0 radical (unpaired) electrons. The van der Waals surface area contributed by atoms with Crippen LogP contribution in [0.5, 0.6) is 0 Å². The lowest BCUT2D eigenvalue weighted by molar-refractivity contribution is -0.131. The SMILES string of the molecule is CC(=O)N(Cc1oc(=O)oc1C1CCCN1C(=O)O)C1C=CC=C(c2cc(-c3c(Cl)cccc3Cl)no2)C1(Cl)Cl. The molecule has 2 aromatic heterocycles. The maximum Gasteiger partial charge on any atom is 0.519 e. The van der Waals surface area contributed by atoms with Gasteiger partial charge in [0, 0.05) is 30.7 Å². The molecule has 5 rings (SSSR count). The van der Waals surface area contributed by atoms with Crippen LogP contribution < -0.4 is 5.82 Å². The van der Waals surface area contributed by atoms with Gasteiger partial charge in [0.15, 0.2) is 21.6 Å². The number of carboxylic acid groups (broad SMARTS) is 1. The lowest BCUT2D eigenvalue weighted by atomic mass is 9.95. The van der Waals surface area contributed by atoms with E-state index < -0.39 is 34.2 Å². The predicted octanol–water partition coefficient (Wildman–Crippen LogP) is 6.55. The van der Waals surface area contributed by atoms with Crippen molar-refractivity contribution in [2.45, 2.75) is 42.7 Å². The Labute approximate surface area is 247 Å². The predicted molar refractivity (Wildman–Crippen MR) is 147 cm³/mol. The highest BCUT2D eigenvalue weighted by molar-refractivity contribution is 6.55. The molecule has 210 valence electrons. The highest BCUT2D eigenvalue weighted by atomic mass is 35.5. The molecule has 1 aliphatic carbocycles. The summed E-state index contributed by atoms with van der Waals surface area (Å²) < 4.78 is 14.3. The number of hydrogen-bond acceptors (Lipinski definition) is 7. The minimum Gasteiger partial charge on any atom is -0.465 e. The molecule has 0 bridgehead atoms. The van der Waals surface area contributed by atoms with Crippen LogP contribution in [0.25, 0.3) is 16.8 Å². The second-order valence-corrected chi connectivity index (χ2v) is 11.4. The normalized spacial score (nSPS) is 20.0. The van der Waals surface area contributed by atoms with E-state index in [1.807, 2.05) is 0 Å². The highest BCUT2D eigenvalue weighted by Gasteiger charge is 2.46. The van der Waals surface area contributed by atoms with E-state index in [-0.39, 0.29) is 30.4 Å². The Morgan fingerprint density at radius 1 is 1.23 bits per heavy atom. The molecule has 2 atom stereocenters. The molecule has 0 saturated carbocycles. The van der Waals surface area contributed by atoms with Crippen LogP contribution in [-0.2, 0) is 11.3 Å². The van der Waals surface area contributed by atoms with Crippen LogP contribution in [0.4, 0.5) is 4.79 Å². The van der Waals surface area contributed by atoms with Gasteiger partial charge in [0.05, 0.1) is 28.7 Å². The number of halogens is 4. The first kappa shape index (κ1) is 28.4. The molecule has 0 spiro atoms. The van der Waals surface area contributed by atoms with Gasteiger partial charge >= 0.3 is 11.9 Å². The number of alkyl halides is 2. The molecule has 40 heavy (non-hydrogen) atoms. The first-order chi connectivity index (χ1) is 19.0. The second kappa shape index (κ2) is 11.0. The van der Waals surface area contributed by atoms with E-state index in [1.165, 1.54) is 11.8 Å². The van der Waals surface area contributed by atoms with Crippen LogP contribution in [0.3, 0.4) is 0 Å². The number of benzene rings is 1. The van der Waals surface area contributed by atoms with Crippen molar-refractivity contribution in [2.24, 2.45) is 0 Å². The molecular formula is C26H21Cl4N3O7. The van der Waals surface area contributed by atoms with Crippen LogP contribution in [-0.4, -0.2) is 49.0 Å². The van der Waals surface area contributed by atoms with Gasteiger partial charge in [-0.15, -0.1) is 0 Å². The Morgan fingerprint density at radius 3 is 2.62 bits per heavy atom. The van der Waals surface area contributed by atoms with Crippen LogP contribution >= 0.6 is 46.4 Å². The van der Waals surface area contributed by atoms with Crippen LogP contribution in [0.2, 0.25) is 10.0 Å². The van der Waals surface area contributed by atoms with E-state index in [2.05, 4.69) is 5.16 Å². The van der Waals surface area contributed by atoms with Gasteiger partial charge in [-0.3, -0.25) is 9.69 Å². The number of rotatable bonds is 6. The zero-order valence-electron chi connectivity index (χ0n) is 20.8. The molecule has 1 fully saturated rings. The zero-order chi connectivity index (χ0) is 28.8. The summed E-state index contributed by atoms with van der Waals surface area (Å²) in [7, 11) is 0. The van der Waals surface area contributed by atoms with Gasteiger partial charge < -0.3 is 23.4 Å². The summed E-state index contributed by atoms with van der Waals surface area (Å²) in [4.78, 5) is 39.1. The number of hydrogen-bond donors (Lipinski definition) is 1. The van der Waals surface area contributed by atoms with E-state index >= 15 is 0 Å². The second-order valence-electron chi connectivity index (χ2n) is 9.23. The quantitative estimate of drug-likeness (QED) is 0.304.